The fraction of sp³-hybridized carbons (Fsp3) is 0.500. The number of carbonyl (C=O) groups excluding carboxylic acids is 1. The fourth-order valence-electron chi connectivity index (χ4n) is 2.80. The number of rotatable bonds is 5. The predicted octanol–water partition coefficient (Wildman–Crippen LogP) is 2.02. The molecule has 0 unspecified atom stereocenters. The van der Waals surface area contributed by atoms with Crippen LogP contribution in [-0.4, -0.2) is 62.2 Å². The summed E-state index contributed by atoms with van der Waals surface area (Å²) in [5.41, 5.74) is -0.514. The number of hydrogen-bond acceptors (Lipinski definition) is 6. The Morgan fingerprint density at radius 1 is 1.32 bits per heavy atom. The first kappa shape index (κ1) is 21.0. The van der Waals surface area contributed by atoms with E-state index in [2.05, 4.69) is 10.3 Å². The van der Waals surface area contributed by atoms with Crippen molar-refractivity contribution >= 4 is 37.5 Å². The van der Waals surface area contributed by atoms with E-state index in [9.17, 15) is 26.4 Å². The molecular formula is C16H18F3N3O4S2. The molecule has 0 aromatic carbocycles. The zero-order valence-corrected chi connectivity index (χ0v) is 16.5. The molecule has 3 rings (SSSR count). The molecule has 1 amide bonds. The lowest BCUT2D eigenvalue weighted by Gasteiger charge is -2.26. The number of aryl methyl sites for hydroxylation is 1. The highest BCUT2D eigenvalue weighted by atomic mass is 32.2. The summed E-state index contributed by atoms with van der Waals surface area (Å²) in [6, 6.07) is 2.16. The lowest BCUT2D eigenvalue weighted by atomic mass is 10.2. The minimum atomic E-state index is -4.57. The average Bonchev–Trinajstić information content (AvgIpc) is 2.98. The maximum atomic E-state index is 12.8. The zero-order chi connectivity index (χ0) is 20.5. The number of aromatic nitrogens is 1. The molecule has 0 radical (unpaired) electrons. The topological polar surface area (TPSA) is 88.6 Å². The van der Waals surface area contributed by atoms with Crippen LogP contribution in [0.4, 0.5) is 13.2 Å². The number of hydrogen-bond donors (Lipinski definition) is 1. The van der Waals surface area contributed by atoms with E-state index in [0.29, 0.717) is 24.2 Å². The number of ether oxygens (including phenoxy) is 1. The van der Waals surface area contributed by atoms with E-state index in [1.807, 2.05) is 0 Å². The van der Waals surface area contributed by atoms with Gasteiger partial charge >= 0.3 is 6.18 Å². The molecule has 7 nitrogen and oxygen atoms in total. The number of alkyl halides is 3. The molecular weight excluding hydrogens is 419 g/mol. The number of amides is 1. The Hall–Kier alpha value is -1.76. The Kier molecular flexibility index (Phi) is 5.94. The van der Waals surface area contributed by atoms with Gasteiger partial charge in [-0.25, -0.2) is 13.4 Å². The summed E-state index contributed by atoms with van der Waals surface area (Å²) in [7, 11) is -3.51. The molecule has 2 aromatic heterocycles. The van der Waals surface area contributed by atoms with Crippen LogP contribution in [0.25, 0.3) is 10.2 Å². The number of thiophene rings is 1. The molecule has 3 heterocycles. The minimum absolute atomic E-state index is 0.104. The fourth-order valence-corrected chi connectivity index (χ4v) is 5.22. The normalized spacial score (nSPS) is 16.4. The monoisotopic (exact) mass is 437 g/mol. The number of halogens is 3. The maximum absolute atomic E-state index is 12.8. The highest BCUT2D eigenvalue weighted by Gasteiger charge is 2.33. The van der Waals surface area contributed by atoms with Crippen LogP contribution in [0.3, 0.4) is 0 Å². The van der Waals surface area contributed by atoms with Gasteiger partial charge in [-0.3, -0.25) is 4.79 Å². The van der Waals surface area contributed by atoms with E-state index in [-0.39, 0.29) is 35.1 Å². The second-order valence-electron chi connectivity index (χ2n) is 6.19. The lowest BCUT2D eigenvalue weighted by Crippen LogP contribution is -2.43. The molecule has 2 aromatic rings. The SMILES string of the molecule is Cc1c(C(=O)NCCS(=O)(=O)N2CCOCC2)sc2nc(C(F)(F)F)ccc12. The standard InChI is InChI=1S/C16H18F3N3O4S2/c1-10-11-2-3-12(16(17,18)19)21-15(11)27-13(10)14(23)20-4-9-28(24,25)22-5-7-26-8-6-22/h2-3H,4-9H2,1H3,(H,20,23). The Bertz CT molecular complexity index is 983. The lowest BCUT2D eigenvalue weighted by molar-refractivity contribution is -0.140. The van der Waals surface area contributed by atoms with Crippen LogP contribution in [0.5, 0.6) is 0 Å². The molecule has 1 aliphatic rings. The zero-order valence-electron chi connectivity index (χ0n) is 14.9. The first-order valence-electron chi connectivity index (χ1n) is 8.41. The maximum Gasteiger partial charge on any atom is 0.433 e. The van der Waals surface area contributed by atoms with Crippen molar-refractivity contribution in [3.63, 3.8) is 0 Å². The molecule has 0 aliphatic carbocycles. The summed E-state index contributed by atoms with van der Waals surface area (Å²) in [4.78, 5) is 16.3. The van der Waals surface area contributed by atoms with Crippen molar-refractivity contribution in [3.8, 4) is 0 Å². The van der Waals surface area contributed by atoms with Crippen LogP contribution >= 0.6 is 11.3 Å². The molecule has 1 fully saturated rings. The second kappa shape index (κ2) is 7.93. The van der Waals surface area contributed by atoms with E-state index in [1.54, 1.807) is 6.92 Å². The van der Waals surface area contributed by atoms with Gasteiger partial charge in [0.05, 0.1) is 23.8 Å². The number of fused-ring (bicyclic) bond motifs is 1. The molecule has 0 bridgehead atoms. The molecule has 0 saturated carbocycles. The van der Waals surface area contributed by atoms with E-state index in [0.717, 1.165) is 17.4 Å². The Balaban J connectivity index is 1.68. The molecule has 1 N–H and O–H groups in total. The van der Waals surface area contributed by atoms with E-state index < -0.39 is 27.8 Å². The summed E-state index contributed by atoms with van der Waals surface area (Å²) < 4.78 is 69.4. The Morgan fingerprint density at radius 2 is 2.00 bits per heavy atom. The smallest absolute Gasteiger partial charge is 0.379 e. The van der Waals surface area contributed by atoms with Crippen molar-refractivity contribution in [2.45, 2.75) is 13.1 Å². The highest BCUT2D eigenvalue weighted by molar-refractivity contribution is 7.89. The van der Waals surface area contributed by atoms with Crippen molar-refractivity contribution in [2.75, 3.05) is 38.6 Å². The average molecular weight is 437 g/mol. The first-order chi connectivity index (χ1) is 13.1. The van der Waals surface area contributed by atoms with Crippen LogP contribution in [-0.2, 0) is 20.9 Å². The van der Waals surface area contributed by atoms with Crippen molar-refractivity contribution in [2.24, 2.45) is 0 Å². The Labute approximate surface area is 163 Å². The van der Waals surface area contributed by atoms with Gasteiger partial charge in [-0.05, 0) is 24.6 Å². The third kappa shape index (κ3) is 4.45. The van der Waals surface area contributed by atoms with E-state index in [1.165, 1.54) is 10.4 Å². The summed E-state index contributed by atoms with van der Waals surface area (Å²) in [6.07, 6.45) is -4.57. The second-order valence-corrected chi connectivity index (χ2v) is 9.27. The largest absolute Gasteiger partial charge is 0.433 e. The van der Waals surface area contributed by atoms with Gasteiger partial charge in [-0.1, -0.05) is 0 Å². The van der Waals surface area contributed by atoms with Crippen molar-refractivity contribution < 1.29 is 31.1 Å². The van der Waals surface area contributed by atoms with Crippen LogP contribution in [0.15, 0.2) is 12.1 Å². The third-order valence-corrected chi connectivity index (χ3v) is 7.38. The molecule has 28 heavy (non-hydrogen) atoms. The summed E-state index contributed by atoms with van der Waals surface area (Å²) >= 11 is 0.849. The number of sulfonamides is 1. The number of pyridine rings is 1. The molecule has 154 valence electrons. The quantitative estimate of drug-likeness (QED) is 0.773. The van der Waals surface area contributed by atoms with Crippen LogP contribution in [0.2, 0.25) is 0 Å². The van der Waals surface area contributed by atoms with Gasteiger partial charge in [0.25, 0.3) is 5.91 Å². The predicted molar refractivity (Wildman–Crippen MR) is 97.9 cm³/mol. The molecule has 1 aliphatic heterocycles. The molecule has 0 spiro atoms. The third-order valence-electron chi connectivity index (χ3n) is 4.31. The minimum Gasteiger partial charge on any atom is -0.379 e. The van der Waals surface area contributed by atoms with Gasteiger partial charge in [0.15, 0.2) is 0 Å². The summed E-state index contributed by atoms with van der Waals surface area (Å²) in [6.45, 7) is 2.73. The van der Waals surface area contributed by atoms with Crippen LogP contribution in [0, 0.1) is 6.92 Å². The molecule has 0 atom stereocenters. The summed E-state index contributed by atoms with van der Waals surface area (Å²) in [5, 5.41) is 2.99. The van der Waals surface area contributed by atoms with Crippen LogP contribution in [0.1, 0.15) is 20.9 Å². The number of nitrogens with one attached hydrogen (secondary N) is 1. The van der Waals surface area contributed by atoms with Gasteiger partial charge in [-0.2, -0.15) is 17.5 Å². The van der Waals surface area contributed by atoms with Gasteiger partial charge < -0.3 is 10.1 Å². The molecule has 1 saturated heterocycles. The molecule has 12 heteroatoms. The van der Waals surface area contributed by atoms with Crippen LogP contribution < -0.4 is 5.32 Å². The van der Waals surface area contributed by atoms with Crippen molar-refractivity contribution in [3.05, 3.63) is 28.3 Å². The Morgan fingerprint density at radius 3 is 2.64 bits per heavy atom. The number of nitrogens with zero attached hydrogens (tertiary/aromatic N) is 2. The van der Waals surface area contributed by atoms with Gasteiger partial charge in [0, 0.05) is 25.0 Å². The number of carbonyl (C=O) groups is 1. The van der Waals surface area contributed by atoms with Crippen molar-refractivity contribution in [1.29, 1.82) is 0 Å². The summed E-state index contributed by atoms with van der Waals surface area (Å²) in [5.74, 6) is -0.801. The highest BCUT2D eigenvalue weighted by Crippen LogP contribution is 2.34. The first-order valence-corrected chi connectivity index (χ1v) is 10.8. The van der Waals surface area contributed by atoms with Gasteiger partial charge in [0.2, 0.25) is 10.0 Å². The van der Waals surface area contributed by atoms with Gasteiger partial charge in [-0.15, -0.1) is 11.3 Å². The van der Waals surface area contributed by atoms with Gasteiger partial charge in [0.1, 0.15) is 10.5 Å². The van der Waals surface area contributed by atoms with E-state index >= 15 is 0 Å². The van der Waals surface area contributed by atoms with E-state index in [4.69, 9.17) is 4.74 Å². The van der Waals surface area contributed by atoms with Crippen molar-refractivity contribution in [1.82, 2.24) is 14.6 Å². The number of morpholine rings is 1.